The van der Waals surface area contributed by atoms with Crippen molar-refractivity contribution >= 4 is 0 Å². The van der Waals surface area contributed by atoms with Crippen molar-refractivity contribution in [2.24, 2.45) is 0 Å². The van der Waals surface area contributed by atoms with Gasteiger partial charge >= 0.3 is 28.7 Å². The zero-order valence-corrected chi connectivity index (χ0v) is 5.15. The summed E-state index contributed by atoms with van der Waals surface area (Å²) in [5.74, 6) is 0. The molecule has 0 heterocycles. The summed E-state index contributed by atoms with van der Waals surface area (Å²) in [6.07, 6.45) is 0. The fraction of sp³-hybridized carbons (Fsp3) is 0. The SMILES string of the molecule is [Lu].[O]=[Mn](=[O])(=[O])[OH]. The third-order valence-corrected chi connectivity index (χ3v) is 0. The molecule has 4 nitrogen and oxygen atoms in total. The Balaban J connectivity index is 0. The van der Waals surface area contributed by atoms with E-state index in [0.717, 1.165) is 0 Å². The van der Waals surface area contributed by atoms with Crippen molar-refractivity contribution in [3.8, 4) is 0 Å². The van der Waals surface area contributed by atoms with Crippen LogP contribution in [0, 0.1) is 36.9 Å². The van der Waals surface area contributed by atoms with Gasteiger partial charge in [0.05, 0.1) is 0 Å². The number of hydrogen-bond donors (Lipinski definition) is 1. The Kier molecular flexibility index (Phi) is 5.35. The van der Waals surface area contributed by atoms with Crippen LogP contribution < -0.4 is 0 Å². The molecule has 0 saturated heterocycles. The molecule has 0 saturated carbocycles. The van der Waals surface area contributed by atoms with Crippen molar-refractivity contribution in [3.05, 3.63) is 0 Å². The molecule has 0 rings (SSSR count). The summed E-state index contributed by atoms with van der Waals surface area (Å²) in [5, 5.41) is 0. The normalized spacial score (nSPS) is 9.50. The van der Waals surface area contributed by atoms with Gasteiger partial charge in [0.1, 0.15) is 0 Å². The predicted octanol–water partition coefficient (Wildman–Crippen LogP) is -0.916. The van der Waals surface area contributed by atoms with Gasteiger partial charge in [0, 0.05) is 36.9 Å². The van der Waals surface area contributed by atoms with E-state index in [0.29, 0.717) is 0 Å². The van der Waals surface area contributed by atoms with Crippen LogP contribution in [0.1, 0.15) is 0 Å². The van der Waals surface area contributed by atoms with E-state index in [9.17, 15) is 0 Å². The number of hydrogen-bond acceptors (Lipinski definition) is 3. The van der Waals surface area contributed by atoms with Crippen LogP contribution in [0.2, 0.25) is 0 Å². The van der Waals surface area contributed by atoms with Crippen LogP contribution in [0.15, 0.2) is 0 Å². The second-order valence-electron chi connectivity index (χ2n) is 0.396. The Hall–Kier alpha value is 1.11. The van der Waals surface area contributed by atoms with E-state index < -0.39 is 13.0 Å². The van der Waals surface area contributed by atoms with E-state index in [2.05, 4.69) is 0 Å². The van der Waals surface area contributed by atoms with Crippen LogP contribution in [0.3, 0.4) is 0 Å². The summed E-state index contributed by atoms with van der Waals surface area (Å²) in [6, 6.07) is 0. The van der Waals surface area contributed by atoms with Gasteiger partial charge in [0.25, 0.3) is 0 Å². The van der Waals surface area contributed by atoms with Gasteiger partial charge in [-0.05, 0) is 0 Å². The maximum absolute atomic E-state index is 8.69. The van der Waals surface area contributed by atoms with Crippen LogP contribution >= 0.6 is 0 Å². The topological polar surface area (TPSA) is 71.4 Å². The predicted molar refractivity (Wildman–Crippen MR) is 4.28 cm³/mol. The first-order chi connectivity index (χ1) is 2.00. The van der Waals surface area contributed by atoms with Gasteiger partial charge in [-0.3, -0.25) is 0 Å². The van der Waals surface area contributed by atoms with E-state index in [1.807, 2.05) is 0 Å². The van der Waals surface area contributed by atoms with E-state index in [-0.39, 0.29) is 36.9 Å². The molecule has 1 N–H and O–H groups in total. The fourth-order valence-electron chi connectivity index (χ4n) is 0. The van der Waals surface area contributed by atoms with Gasteiger partial charge in [0.15, 0.2) is 0 Å². The van der Waals surface area contributed by atoms with E-state index in [1.165, 1.54) is 0 Å². The molecule has 47 valence electrons. The quantitative estimate of drug-likeness (QED) is 0.587. The Morgan fingerprint density at radius 1 is 1.17 bits per heavy atom. The molecule has 0 aromatic heterocycles. The summed E-state index contributed by atoms with van der Waals surface area (Å²) in [5.41, 5.74) is 0. The first kappa shape index (κ1) is 10.2. The second kappa shape index (κ2) is 3.16. The molecule has 1 radical (unpaired) electrons. The molecule has 0 fully saturated rings. The average molecular weight is 295 g/mol. The zero-order chi connectivity index (χ0) is 4.50. The first-order valence-electron chi connectivity index (χ1n) is 0.632. The van der Waals surface area contributed by atoms with Crippen LogP contribution in [0.25, 0.3) is 0 Å². The van der Waals surface area contributed by atoms with Crippen molar-refractivity contribution < 1.29 is 65.5 Å². The van der Waals surface area contributed by atoms with Crippen LogP contribution in [-0.2, 0) is 24.5 Å². The van der Waals surface area contributed by atoms with Crippen molar-refractivity contribution in [1.82, 2.24) is 0 Å². The van der Waals surface area contributed by atoms with Crippen LogP contribution in [0.4, 0.5) is 0 Å². The molecule has 0 bridgehead atoms. The van der Waals surface area contributed by atoms with E-state index in [4.69, 9.17) is 15.7 Å². The second-order valence-corrected chi connectivity index (χ2v) is 1.63. The molecule has 0 unspecified atom stereocenters. The Bertz CT molecular complexity index is 129. The first-order valence-corrected chi connectivity index (χ1v) is 2.61. The van der Waals surface area contributed by atoms with Crippen molar-refractivity contribution in [3.63, 3.8) is 0 Å². The van der Waals surface area contributed by atoms with Crippen LogP contribution in [-0.4, -0.2) is 4.19 Å². The molecule has 6 heavy (non-hydrogen) atoms. The zero-order valence-electron chi connectivity index (χ0n) is 2.31. The van der Waals surface area contributed by atoms with Gasteiger partial charge in [0.2, 0.25) is 0 Å². The molecule has 0 aromatic rings. The van der Waals surface area contributed by atoms with Crippen molar-refractivity contribution in [1.29, 1.82) is 0 Å². The van der Waals surface area contributed by atoms with Gasteiger partial charge in [-0.2, -0.15) is 0 Å². The molecular weight excluding hydrogens is 294 g/mol. The van der Waals surface area contributed by atoms with Crippen LogP contribution in [0.5, 0.6) is 0 Å². The third kappa shape index (κ3) is 69.8. The fourth-order valence-corrected chi connectivity index (χ4v) is 0. The molecule has 0 atom stereocenters. The molecule has 0 aliphatic carbocycles. The molecule has 6 heteroatoms. The Labute approximate surface area is 64.9 Å². The maximum atomic E-state index is 8.69. The van der Waals surface area contributed by atoms with Crippen molar-refractivity contribution in [2.75, 3.05) is 0 Å². The van der Waals surface area contributed by atoms with Gasteiger partial charge in [-0.15, -0.1) is 0 Å². The summed E-state index contributed by atoms with van der Waals surface area (Å²) in [7, 11) is 0. The summed E-state index contributed by atoms with van der Waals surface area (Å²) in [4.78, 5) is 0. The molecular formula is HLuMnO4. The van der Waals surface area contributed by atoms with E-state index in [1.54, 1.807) is 0 Å². The van der Waals surface area contributed by atoms with Gasteiger partial charge < -0.3 is 0 Å². The monoisotopic (exact) mass is 295 g/mol. The minimum absolute atomic E-state index is 0. The third-order valence-electron chi connectivity index (χ3n) is 0. The van der Waals surface area contributed by atoms with E-state index >= 15 is 0 Å². The molecule has 0 aliphatic rings. The van der Waals surface area contributed by atoms with Crippen molar-refractivity contribution in [2.45, 2.75) is 0 Å². The number of rotatable bonds is 0. The molecule has 0 aromatic carbocycles. The molecule has 0 amide bonds. The minimum atomic E-state index is -5.38. The summed E-state index contributed by atoms with van der Waals surface area (Å²) >= 11 is -5.38. The molecule has 0 spiro atoms. The Morgan fingerprint density at radius 2 is 1.17 bits per heavy atom. The van der Waals surface area contributed by atoms with Gasteiger partial charge in [-0.1, -0.05) is 0 Å². The molecule has 0 aliphatic heterocycles. The summed E-state index contributed by atoms with van der Waals surface area (Å²) < 4.78 is 33.1. The van der Waals surface area contributed by atoms with Gasteiger partial charge in [-0.25, -0.2) is 0 Å². The standard InChI is InChI=1S/Lu.Mn.H2O.3O/h;;1H2;;;/q;+1;;;;/p-1. The average Bonchev–Trinajstić information content (AvgIpc) is 0.722. The Morgan fingerprint density at radius 3 is 1.17 bits per heavy atom. The summed E-state index contributed by atoms with van der Waals surface area (Å²) in [6.45, 7) is 0.